The predicted octanol–water partition coefficient (Wildman–Crippen LogP) is 5.00. The minimum absolute atomic E-state index is 0.102. The summed E-state index contributed by atoms with van der Waals surface area (Å²) in [5.74, 6) is -0.228. The van der Waals surface area contributed by atoms with Crippen LogP contribution in [0.5, 0.6) is 0 Å². The smallest absolute Gasteiger partial charge is 0.322 e. The summed E-state index contributed by atoms with van der Waals surface area (Å²) in [5, 5.41) is 3.07. The molecule has 0 aromatic heterocycles. The molecular weight excluding hydrogens is 377 g/mol. The van der Waals surface area contributed by atoms with E-state index in [-0.39, 0.29) is 22.8 Å². The number of anilines is 1. The van der Waals surface area contributed by atoms with Gasteiger partial charge in [0.15, 0.2) is 0 Å². The summed E-state index contributed by atoms with van der Waals surface area (Å²) >= 11 is 0. The number of halogens is 1. The van der Waals surface area contributed by atoms with Gasteiger partial charge in [-0.05, 0) is 83.0 Å². The second-order valence-electron chi connectivity index (χ2n) is 9.97. The molecule has 0 unspecified atom stereocenters. The standard InChI is InChI=1S/C25H32FN3O/c1-18-6-5-7-19(14-18)16-28-12-10-25(11-13-28)17-29(23(30)27-24(2,3)4)22-9-8-20(26)15-21(22)25/h5-9,14-15H,10-13,16-17H2,1-4H3,(H,27,30). The number of benzene rings is 2. The molecule has 2 aromatic rings. The topological polar surface area (TPSA) is 35.6 Å². The molecule has 4 nitrogen and oxygen atoms in total. The highest BCUT2D eigenvalue weighted by molar-refractivity contribution is 5.95. The molecule has 2 amide bonds. The van der Waals surface area contributed by atoms with E-state index < -0.39 is 0 Å². The van der Waals surface area contributed by atoms with Crippen LogP contribution in [-0.2, 0) is 12.0 Å². The van der Waals surface area contributed by atoms with Gasteiger partial charge in [0, 0.05) is 29.7 Å². The molecule has 4 rings (SSSR count). The van der Waals surface area contributed by atoms with Gasteiger partial charge in [0.05, 0.1) is 0 Å². The van der Waals surface area contributed by atoms with Crippen LogP contribution in [0.15, 0.2) is 42.5 Å². The normalized spacial score (nSPS) is 18.5. The summed E-state index contributed by atoms with van der Waals surface area (Å²) in [6, 6.07) is 13.4. The van der Waals surface area contributed by atoms with Gasteiger partial charge in [0.2, 0.25) is 0 Å². The van der Waals surface area contributed by atoms with Crippen molar-refractivity contribution in [2.24, 2.45) is 0 Å². The van der Waals surface area contributed by atoms with Gasteiger partial charge in [0.25, 0.3) is 0 Å². The number of fused-ring (bicyclic) bond motifs is 2. The first kappa shape index (κ1) is 20.9. The fraction of sp³-hybridized carbons (Fsp3) is 0.480. The first-order valence-electron chi connectivity index (χ1n) is 10.8. The van der Waals surface area contributed by atoms with Gasteiger partial charge in [-0.15, -0.1) is 0 Å². The minimum Gasteiger partial charge on any atom is -0.333 e. The lowest BCUT2D eigenvalue weighted by molar-refractivity contribution is 0.159. The number of carbonyl (C=O) groups is 1. The molecule has 1 N–H and O–H groups in total. The molecule has 2 heterocycles. The fourth-order valence-corrected chi connectivity index (χ4v) is 4.85. The number of carbonyl (C=O) groups excluding carboxylic acids is 1. The molecule has 1 spiro atoms. The van der Waals surface area contributed by atoms with E-state index in [0.29, 0.717) is 6.54 Å². The average Bonchev–Trinajstić information content (AvgIpc) is 2.96. The molecule has 5 heteroatoms. The van der Waals surface area contributed by atoms with E-state index in [0.717, 1.165) is 43.7 Å². The van der Waals surface area contributed by atoms with Crippen molar-refractivity contribution >= 4 is 11.7 Å². The Labute approximate surface area is 179 Å². The first-order valence-corrected chi connectivity index (χ1v) is 10.8. The van der Waals surface area contributed by atoms with E-state index in [9.17, 15) is 9.18 Å². The number of amides is 2. The Morgan fingerprint density at radius 1 is 1.13 bits per heavy atom. The number of urea groups is 1. The molecule has 0 atom stereocenters. The fourth-order valence-electron chi connectivity index (χ4n) is 4.85. The molecular formula is C25H32FN3O. The predicted molar refractivity (Wildman–Crippen MR) is 119 cm³/mol. The van der Waals surface area contributed by atoms with Crippen molar-refractivity contribution in [2.45, 2.75) is 58.0 Å². The van der Waals surface area contributed by atoms with E-state index in [1.807, 2.05) is 25.7 Å². The van der Waals surface area contributed by atoms with Crippen LogP contribution in [0.3, 0.4) is 0 Å². The van der Waals surface area contributed by atoms with E-state index in [1.54, 1.807) is 12.1 Å². The zero-order chi connectivity index (χ0) is 21.5. The van der Waals surface area contributed by atoms with Crippen LogP contribution in [0.2, 0.25) is 0 Å². The Morgan fingerprint density at radius 3 is 2.53 bits per heavy atom. The van der Waals surface area contributed by atoms with Crippen LogP contribution in [0, 0.1) is 12.7 Å². The summed E-state index contributed by atoms with van der Waals surface area (Å²) in [6.07, 6.45) is 1.85. The second kappa shape index (κ2) is 7.69. The summed E-state index contributed by atoms with van der Waals surface area (Å²) in [5.41, 5.74) is 3.96. The van der Waals surface area contributed by atoms with Crippen LogP contribution in [0.1, 0.15) is 50.3 Å². The van der Waals surface area contributed by atoms with Gasteiger partial charge < -0.3 is 5.32 Å². The van der Waals surface area contributed by atoms with Crippen molar-refractivity contribution in [3.63, 3.8) is 0 Å². The molecule has 160 valence electrons. The number of piperidine rings is 1. The largest absolute Gasteiger partial charge is 0.333 e. The highest BCUT2D eigenvalue weighted by Crippen LogP contribution is 2.47. The maximum Gasteiger partial charge on any atom is 0.322 e. The number of rotatable bonds is 2. The third-order valence-corrected chi connectivity index (χ3v) is 6.31. The lowest BCUT2D eigenvalue weighted by Crippen LogP contribution is -2.51. The Hall–Kier alpha value is -2.40. The average molecular weight is 410 g/mol. The van der Waals surface area contributed by atoms with Gasteiger partial charge in [-0.3, -0.25) is 9.80 Å². The van der Waals surface area contributed by atoms with Gasteiger partial charge in [-0.1, -0.05) is 29.8 Å². The molecule has 2 aliphatic heterocycles. The molecule has 0 aliphatic carbocycles. The zero-order valence-electron chi connectivity index (χ0n) is 18.5. The molecule has 0 radical (unpaired) electrons. The number of nitrogens with zero attached hydrogens (tertiary/aromatic N) is 2. The molecule has 2 aromatic carbocycles. The molecule has 1 fully saturated rings. The van der Waals surface area contributed by atoms with Crippen LogP contribution in [-0.4, -0.2) is 36.1 Å². The van der Waals surface area contributed by atoms with Crippen molar-refractivity contribution in [1.82, 2.24) is 10.2 Å². The van der Waals surface area contributed by atoms with Crippen LogP contribution in [0.25, 0.3) is 0 Å². The third-order valence-electron chi connectivity index (χ3n) is 6.31. The van der Waals surface area contributed by atoms with Crippen LogP contribution in [0.4, 0.5) is 14.9 Å². The summed E-state index contributed by atoms with van der Waals surface area (Å²) in [4.78, 5) is 17.3. The first-order chi connectivity index (χ1) is 14.2. The minimum atomic E-state index is -0.315. The number of hydrogen-bond acceptors (Lipinski definition) is 2. The summed E-state index contributed by atoms with van der Waals surface area (Å²) < 4.78 is 14.2. The van der Waals surface area contributed by atoms with Gasteiger partial charge in [-0.25, -0.2) is 9.18 Å². The van der Waals surface area contributed by atoms with Crippen molar-refractivity contribution in [2.75, 3.05) is 24.5 Å². The molecule has 30 heavy (non-hydrogen) atoms. The van der Waals surface area contributed by atoms with Crippen molar-refractivity contribution in [3.8, 4) is 0 Å². The van der Waals surface area contributed by atoms with E-state index >= 15 is 0 Å². The monoisotopic (exact) mass is 409 g/mol. The van der Waals surface area contributed by atoms with Crippen LogP contribution < -0.4 is 10.2 Å². The lowest BCUT2D eigenvalue weighted by Gasteiger charge is -2.40. The highest BCUT2D eigenvalue weighted by atomic mass is 19.1. The van der Waals surface area contributed by atoms with Gasteiger partial charge in [-0.2, -0.15) is 0 Å². The van der Waals surface area contributed by atoms with E-state index in [1.165, 1.54) is 17.2 Å². The van der Waals surface area contributed by atoms with E-state index in [4.69, 9.17) is 0 Å². The quantitative estimate of drug-likeness (QED) is 0.758. The molecule has 0 saturated carbocycles. The zero-order valence-corrected chi connectivity index (χ0v) is 18.5. The third kappa shape index (κ3) is 4.22. The number of hydrogen-bond donors (Lipinski definition) is 1. The number of aryl methyl sites for hydroxylation is 1. The molecule has 1 saturated heterocycles. The highest BCUT2D eigenvalue weighted by Gasteiger charge is 2.46. The lowest BCUT2D eigenvalue weighted by atomic mass is 9.74. The molecule has 2 aliphatic rings. The van der Waals surface area contributed by atoms with Gasteiger partial charge >= 0.3 is 6.03 Å². The van der Waals surface area contributed by atoms with Crippen molar-refractivity contribution in [1.29, 1.82) is 0 Å². The second-order valence-corrected chi connectivity index (χ2v) is 9.97. The maximum absolute atomic E-state index is 14.2. The Kier molecular flexibility index (Phi) is 5.35. The Balaban J connectivity index is 1.53. The Bertz CT molecular complexity index is 942. The van der Waals surface area contributed by atoms with Crippen LogP contribution >= 0.6 is 0 Å². The maximum atomic E-state index is 14.2. The van der Waals surface area contributed by atoms with E-state index in [2.05, 4.69) is 41.4 Å². The number of likely N-dealkylation sites (tertiary alicyclic amines) is 1. The summed E-state index contributed by atoms with van der Waals surface area (Å²) in [6.45, 7) is 11.5. The molecule has 0 bridgehead atoms. The SMILES string of the molecule is Cc1cccc(CN2CCC3(CC2)CN(C(=O)NC(C)(C)C)c2ccc(F)cc23)c1. The van der Waals surface area contributed by atoms with Gasteiger partial charge in [0.1, 0.15) is 5.82 Å². The van der Waals surface area contributed by atoms with Crippen molar-refractivity contribution < 1.29 is 9.18 Å². The Morgan fingerprint density at radius 2 is 1.87 bits per heavy atom. The van der Waals surface area contributed by atoms with Crippen molar-refractivity contribution in [3.05, 3.63) is 65.0 Å². The summed E-state index contributed by atoms with van der Waals surface area (Å²) in [7, 11) is 0. The number of nitrogens with one attached hydrogen (secondary N) is 1.